The first-order valence-electron chi connectivity index (χ1n) is 10.7. The Kier molecular flexibility index (Phi) is 14.5. The van der Waals surface area contributed by atoms with Crippen LogP contribution >= 0.6 is 0 Å². The summed E-state index contributed by atoms with van der Waals surface area (Å²) in [5, 5.41) is 17.7. The number of hydrogen-bond donors (Lipinski definition) is 2. The molecule has 0 aromatic heterocycles. The fourth-order valence-corrected chi connectivity index (χ4v) is 2.87. The molecule has 1 aliphatic rings. The summed E-state index contributed by atoms with van der Waals surface area (Å²) in [4.78, 5) is 11.5. The van der Waals surface area contributed by atoms with E-state index in [0.717, 1.165) is 25.7 Å². The normalized spacial score (nSPS) is 19.4. The third kappa shape index (κ3) is 12.9. The molecule has 1 fully saturated rings. The Morgan fingerprint density at radius 1 is 0.964 bits per heavy atom. The predicted molar refractivity (Wildman–Crippen MR) is 112 cm³/mol. The molecule has 2 N–H and O–H groups in total. The summed E-state index contributed by atoms with van der Waals surface area (Å²) < 4.78 is 10.6. The van der Waals surface area contributed by atoms with E-state index in [1.54, 1.807) is 0 Å². The smallest absolute Gasteiger partial charge is 0.306 e. The lowest BCUT2D eigenvalue weighted by atomic mass is 10.1. The van der Waals surface area contributed by atoms with E-state index < -0.39 is 6.10 Å². The van der Waals surface area contributed by atoms with Gasteiger partial charge in [-0.3, -0.25) is 4.79 Å². The van der Waals surface area contributed by atoms with Gasteiger partial charge in [-0.2, -0.15) is 0 Å². The lowest BCUT2D eigenvalue weighted by Gasteiger charge is -2.11. The molecule has 0 aromatic rings. The maximum Gasteiger partial charge on any atom is 0.306 e. The van der Waals surface area contributed by atoms with Crippen LogP contribution in [0, 0.1) is 0 Å². The molecule has 28 heavy (non-hydrogen) atoms. The van der Waals surface area contributed by atoms with E-state index >= 15 is 0 Å². The highest BCUT2D eigenvalue weighted by Gasteiger charge is 2.36. The van der Waals surface area contributed by atoms with Crippen molar-refractivity contribution in [2.75, 3.05) is 13.2 Å². The second kappa shape index (κ2) is 16.5. The van der Waals surface area contributed by atoms with Crippen molar-refractivity contribution in [1.29, 1.82) is 0 Å². The number of carbonyl (C=O) groups excluding carboxylic acids is 1. The summed E-state index contributed by atoms with van der Waals surface area (Å²) in [6.07, 6.45) is 22.8. The van der Waals surface area contributed by atoms with Crippen molar-refractivity contribution in [2.45, 2.75) is 89.4 Å². The van der Waals surface area contributed by atoms with Gasteiger partial charge in [0.05, 0.1) is 25.4 Å². The van der Waals surface area contributed by atoms with Gasteiger partial charge < -0.3 is 19.7 Å². The molecule has 0 spiro atoms. The van der Waals surface area contributed by atoms with Crippen LogP contribution in [0.5, 0.6) is 0 Å². The predicted octanol–water partition coefficient (Wildman–Crippen LogP) is 4.24. The largest absolute Gasteiger partial charge is 0.457 e. The van der Waals surface area contributed by atoms with Gasteiger partial charge in [0.15, 0.2) is 0 Å². The molecule has 5 nitrogen and oxygen atoms in total. The molecule has 0 unspecified atom stereocenters. The Hall–Kier alpha value is -1.43. The first-order chi connectivity index (χ1) is 13.7. The quantitative estimate of drug-likeness (QED) is 0.167. The van der Waals surface area contributed by atoms with Gasteiger partial charge in [0.1, 0.15) is 6.10 Å². The highest BCUT2D eigenvalue weighted by atomic mass is 16.6. The number of esters is 1. The molecular formula is C23H38O5. The second-order valence-corrected chi connectivity index (χ2v) is 7.20. The summed E-state index contributed by atoms with van der Waals surface area (Å²) >= 11 is 0. The maximum absolute atomic E-state index is 11.5. The van der Waals surface area contributed by atoms with E-state index in [2.05, 4.69) is 43.4 Å². The fraction of sp³-hybridized carbons (Fsp3) is 0.696. The Labute approximate surface area is 170 Å². The summed E-state index contributed by atoms with van der Waals surface area (Å²) in [6.45, 7) is 1.53. The summed E-state index contributed by atoms with van der Waals surface area (Å²) in [5.41, 5.74) is 0. The minimum Gasteiger partial charge on any atom is -0.457 e. The van der Waals surface area contributed by atoms with E-state index in [1.165, 1.54) is 25.7 Å². The summed E-state index contributed by atoms with van der Waals surface area (Å²) in [6, 6.07) is 0. The van der Waals surface area contributed by atoms with Crippen LogP contribution in [0.1, 0.15) is 71.1 Å². The Morgan fingerprint density at radius 3 is 2.32 bits per heavy atom. The number of ether oxygens (including phenoxy) is 2. The number of allylic oxidation sites excluding steroid dienone is 5. The molecule has 0 aliphatic carbocycles. The molecule has 160 valence electrons. The molecule has 5 heteroatoms. The second-order valence-electron chi connectivity index (χ2n) is 7.20. The lowest BCUT2D eigenvalue weighted by Crippen LogP contribution is -2.25. The van der Waals surface area contributed by atoms with Gasteiger partial charge in [0, 0.05) is 6.42 Å². The van der Waals surface area contributed by atoms with Crippen molar-refractivity contribution < 1.29 is 24.5 Å². The Bertz CT molecular complexity index is 479. The topological polar surface area (TPSA) is 79.3 Å². The number of aliphatic hydroxyl groups excluding tert-OH is 2. The van der Waals surface area contributed by atoms with Gasteiger partial charge in [-0.15, -0.1) is 0 Å². The lowest BCUT2D eigenvalue weighted by molar-refractivity contribution is -0.153. The van der Waals surface area contributed by atoms with Gasteiger partial charge in [-0.05, 0) is 38.5 Å². The van der Waals surface area contributed by atoms with Crippen molar-refractivity contribution in [3.8, 4) is 0 Å². The van der Waals surface area contributed by atoms with Gasteiger partial charge >= 0.3 is 5.97 Å². The molecule has 0 saturated carbocycles. The van der Waals surface area contributed by atoms with Crippen LogP contribution in [0.2, 0.25) is 0 Å². The highest BCUT2D eigenvalue weighted by molar-refractivity contribution is 5.69. The SMILES string of the molecule is CCCCC[C@@H]1O[C@@H]1C/C=C\C/C=C\C/C=C\CCCC(=O)OC(CO)CO. The monoisotopic (exact) mass is 394 g/mol. The third-order valence-electron chi connectivity index (χ3n) is 4.65. The van der Waals surface area contributed by atoms with Crippen molar-refractivity contribution in [1.82, 2.24) is 0 Å². The maximum atomic E-state index is 11.5. The molecule has 0 radical (unpaired) electrons. The fourth-order valence-electron chi connectivity index (χ4n) is 2.87. The van der Waals surface area contributed by atoms with Crippen molar-refractivity contribution in [3.63, 3.8) is 0 Å². The van der Waals surface area contributed by atoms with E-state index in [-0.39, 0.29) is 19.2 Å². The van der Waals surface area contributed by atoms with Crippen molar-refractivity contribution >= 4 is 5.97 Å². The van der Waals surface area contributed by atoms with E-state index in [0.29, 0.717) is 25.0 Å². The number of aliphatic hydroxyl groups is 2. The van der Waals surface area contributed by atoms with Crippen LogP contribution in [-0.4, -0.2) is 47.7 Å². The van der Waals surface area contributed by atoms with Crippen LogP contribution in [0.3, 0.4) is 0 Å². The molecule has 1 aliphatic heterocycles. The number of epoxide rings is 1. The number of rotatable bonds is 17. The standard InChI is InChI=1S/C23H38O5/c1-2-3-12-15-21-22(28-21)16-13-10-8-6-4-5-7-9-11-14-17-23(26)27-20(18-24)19-25/h4,6-7,9-10,13,20-22,24-25H,2-3,5,8,11-12,14-19H2,1H3/b6-4-,9-7-,13-10-/t21-,22+/m0/s1. The van der Waals surface area contributed by atoms with Gasteiger partial charge in [0.25, 0.3) is 0 Å². The minimum absolute atomic E-state index is 0.297. The zero-order chi connectivity index (χ0) is 20.5. The summed E-state index contributed by atoms with van der Waals surface area (Å²) in [7, 11) is 0. The zero-order valence-corrected chi connectivity index (χ0v) is 17.3. The van der Waals surface area contributed by atoms with Gasteiger partial charge in [0.2, 0.25) is 0 Å². The van der Waals surface area contributed by atoms with Gasteiger partial charge in [-0.1, -0.05) is 62.6 Å². The van der Waals surface area contributed by atoms with E-state index in [1.807, 2.05) is 0 Å². The Morgan fingerprint density at radius 2 is 1.64 bits per heavy atom. The molecular weight excluding hydrogens is 356 g/mol. The number of unbranched alkanes of at least 4 members (excludes halogenated alkanes) is 3. The molecule has 0 amide bonds. The number of carbonyl (C=O) groups is 1. The van der Waals surface area contributed by atoms with Crippen molar-refractivity contribution in [3.05, 3.63) is 36.5 Å². The van der Waals surface area contributed by atoms with Crippen LogP contribution in [0.4, 0.5) is 0 Å². The van der Waals surface area contributed by atoms with Crippen LogP contribution in [0.25, 0.3) is 0 Å². The van der Waals surface area contributed by atoms with E-state index in [9.17, 15) is 4.79 Å². The Balaban J connectivity index is 1.93. The molecule has 0 bridgehead atoms. The summed E-state index contributed by atoms with van der Waals surface area (Å²) in [5.74, 6) is -0.378. The third-order valence-corrected chi connectivity index (χ3v) is 4.65. The van der Waals surface area contributed by atoms with Crippen LogP contribution in [-0.2, 0) is 14.3 Å². The molecule has 1 heterocycles. The molecule has 1 rings (SSSR count). The average molecular weight is 395 g/mol. The number of hydrogen-bond acceptors (Lipinski definition) is 5. The average Bonchev–Trinajstić information content (AvgIpc) is 3.45. The van der Waals surface area contributed by atoms with Crippen LogP contribution in [0.15, 0.2) is 36.5 Å². The van der Waals surface area contributed by atoms with Gasteiger partial charge in [-0.25, -0.2) is 0 Å². The molecule has 0 aromatic carbocycles. The minimum atomic E-state index is -0.800. The highest BCUT2D eigenvalue weighted by Crippen LogP contribution is 2.30. The molecule has 2 atom stereocenters. The molecule has 1 saturated heterocycles. The first kappa shape index (κ1) is 24.6. The first-order valence-corrected chi connectivity index (χ1v) is 10.7. The van der Waals surface area contributed by atoms with E-state index in [4.69, 9.17) is 19.7 Å². The van der Waals surface area contributed by atoms with Crippen LogP contribution < -0.4 is 0 Å². The zero-order valence-electron chi connectivity index (χ0n) is 17.3. The van der Waals surface area contributed by atoms with Crippen molar-refractivity contribution in [2.24, 2.45) is 0 Å².